The summed E-state index contributed by atoms with van der Waals surface area (Å²) in [5, 5.41) is 12.1. The lowest BCUT2D eigenvalue weighted by Gasteiger charge is -2.30. The molecule has 152 valence electrons. The van der Waals surface area contributed by atoms with Crippen LogP contribution in [-0.2, 0) is 47.7 Å². The highest BCUT2D eigenvalue weighted by atomic mass is 16.6. The molecule has 0 aliphatic carbocycles. The van der Waals surface area contributed by atoms with Gasteiger partial charge in [-0.15, -0.1) is 0 Å². The lowest BCUT2D eigenvalue weighted by Crippen LogP contribution is -2.53. The molecule has 0 aliphatic rings. The number of ether oxygens (including phenoxy) is 5. The smallest absolute Gasteiger partial charge is 0.351 e. The van der Waals surface area contributed by atoms with Gasteiger partial charge in [0.05, 0.1) is 7.11 Å². The highest BCUT2D eigenvalue weighted by molar-refractivity contribution is 5.94. The number of hydrogen-bond acceptors (Lipinski definition) is 12. The number of nitrogens with zero attached hydrogens (tertiary/aromatic N) is 1. The second-order valence-corrected chi connectivity index (χ2v) is 5.03. The van der Waals surface area contributed by atoms with Crippen LogP contribution in [-0.4, -0.2) is 72.8 Å². The summed E-state index contributed by atoms with van der Waals surface area (Å²) in [4.78, 5) is 57.3. The molecule has 0 aromatic heterocycles. The molecule has 0 saturated heterocycles. The average Bonchev–Trinajstić information content (AvgIpc) is 2.55. The summed E-state index contributed by atoms with van der Waals surface area (Å²) in [6.45, 7) is 3.33. The zero-order valence-corrected chi connectivity index (χ0v) is 15.4. The van der Waals surface area contributed by atoms with Gasteiger partial charge >= 0.3 is 29.8 Å². The molecule has 0 radical (unpaired) electrons. The number of carbonyl (C=O) groups is 5. The highest BCUT2D eigenvalue weighted by Crippen LogP contribution is 2.17. The molecule has 1 N–H and O–H groups in total. The summed E-state index contributed by atoms with van der Waals surface area (Å²) >= 11 is 0. The Morgan fingerprint density at radius 3 is 1.67 bits per heavy atom. The van der Waals surface area contributed by atoms with E-state index in [1.54, 1.807) is 0 Å². The first-order valence-corrected chi connectivity index (χ1v) is 7.47. The van der Waals surface area contributed by atoms with Crippen LogP contribution in [0.15, 0.2) is 5.16 Å². The van der Waals surface area contributed by atoms with Gasteiger partial charge in [0.2, 0.25) is 6.10 Å². The third kappa shape index (κ3) is 8.65. The van der Waals surface area contributed by atoms with Crippen molar-refractivity contribution in [1.29, 1.82) is 0 Å². The van der Waals surface area contributed by atoms with E-state index in [2.05, 4.69) is 14.6 Å². The van der Waals surface area contributed by atoms with Crippen LogP contribution in [0.25, 0.3) is 0 Å². The van der Waals surface area contributed by atoms with E-state index in [-0.39, 0.29) is 0 Å². The van der Waals surface area contributed by atoms with Gasteiger partial charge in [0.1, 0.15) is 12.3 Å². The van der Waals surface area contributed by atoms with E-state index in [0.717, 1.165) is 34.8 Å². The maximum atomic E-state index is 12.0. The van der Waals surface area contributed by atoms with Gasteiger partial charge in [-0.05, 0) is 0 Å². The van der Waals surface area contributed by atoms with Crippen LogP contribution in [0.2, 0.25) is 0 Å². The predicted molar refractivity (Wildman–Crippen MR) is 84.5 cm³/mol. The van der Waals surface area contributed by atoms with Crippen molar-refractivity contribution in [2.75, 3.05) is 13.7 Å². The normalized spacial score (nSPS) is 14.2. The van der Waals surface area contributed by atoms with E-state index in [9.17, 15) is 29.2 Å². The number of rotatable bonds is 9. The second-order valence-electron chi connectivity index (χ2n) is 5.03. The van der Waals surface area contributed by atoms with Crippen molar-refractivity contribution in [2.45, 2.75) is 46.0 Å². The molecule has 3 atom stereocenters. The van der Waals surface area contributed by atoms with Crippen molar-refractivity contribution in [3.8, 4) is 0 Å². The number of oxime groups is 1. The van der Waals surface area contributed by atoms with Crippen LogP contribution in [0.1, 0.15) is 27.7 Å². The number of carbonyl (C=O) groups excluding carboxylic acids is 5. The van der Waals surface area contributed by atoms with Gasteiger partial charge in [0, 0.05) is 27.7 Å². The first kappa shape index (κ1) is 23.8. The second kappa shape index (κ2) is 11.4. The lowest BCUT2D eigenvalue weighted by atomic mass is 10.0. The third-order valence-corrected chi connectivity index (χ3v) is 2.80. The van der Waals surface area contributed by atoms with E-state index in [0.29, 0.717) is 0 Å². The lowest BCUT2D eigenvalue weighted by molar-refractivity contribution is -0.188. The van der Waals surface area contributed by atoms with Crippen molar-refractivity contribution < 1.29 is 52.9 Å². The zero-order valence-electron chi connectivity index (χ0n) is 15.4. The minimum absolute atomic E-state index is 0.493. The van der Waals surface area contributed by atoms with Gasteiger partial charge in [-0.3, -0.25) is 19.2 Å². The average molecular weight is 391 g/mol. The summed E-state index contributed by atoms with van der Waals surface area (Å²) in [6.07, 6.45) is -5.39. The van der Waals surface area contributed by atoms with Crippen LogP contribution in [0.4, 0.5) is 0 Å². The van der Waals surface area contributed by atoms with Gasteiger partial charge in [-0.1, -0.05) is 5.16 Å². The molecule has 27 heavy (non-hydrogen) atoms. The molecule has 0 amide bonds. The molecule has 0 spiro atoms. The first-order chi connectivity index (χ1) is 12.5. The molecule has 0 saturated carbocycles. The highest BCUT2D eigenvalue weighted by Gasteiger charge is 2.45. The van der Waals surface area contributed by atoms with Crippen molar-refractivity contribution in [1.82, 2.24) is 0 Å². The molecule has 0 fully saturated rings. The fraction of sp³-hybridized carbons (Fsp3) is 0.600. The van der Waals surface area contributed by atoms with Gasteiger partial charge in [0.15, 0.2) is 12.2 Å². The first-order valence-electron chi connectivity index (χ1n) is 7.47. The van der Waals surface area contributed by atoms with Crippen molar-refractivity contribution in [3.63, 3.8) is 0 Å². The summed E-state index contributed by atoms with van der Waals surface area (Å²) in [5.41, 5.74) is -0.493. The quantitative estimate of drug-likeness (QED) is 0.174. The predicted octanol–water partition coefficient (Wildman–Crippen LogP) is -0.652. The molecule has 0 rings (SSSR count). The molecule has 0 heterocycles. The van der Waals surface area contributed by atoms with Crippen LogP contribution >= 0.6 is 0 Å². The van der Waals surface area contributed by atoms with Gasteiger partial charge in [0.25, 0.3) is 0 Å². The molecular weight excluding hydrogens is 370 g/mol. The fourth-order valence-electron chi connectivity index (χ4n) is 1.87. The van der Waals surface area contributed by atoms with Crippen LogP contribution in [0, 0.1) is 0 Å². The van der Waals surface area contributed by atoms with Crippen LogP contribution < -0.4 is 0 Å². The van der Waals surface area contributed by atoms with Crippen molar-refractivity contribution >= 4 is 35.6 Å². The Balaban J connectivity index is 6.12. The Morgan fingerprint density at radius 2 is 1.30 bits per heavy atom. The van der Waals surface area contributed by atoms with E-state index < -0.39 is 60.5 Å². The number of hydrogen-bond donors (Lipinski definition) is 1. The summed E-state index contributed by atoms with van der Waals surface area (Å²) in [7, 11) is 0.977. The topological polar surface area (TPSA) is 164 Å². The van der Waals surface area contributed by atoms with Gasteiger partial charge in [-0.2, -0.15) is 0 Å². The van der Waals surface area contributed by atoms with E-state index >= 15 is 0 Å². The maximum Gasteiger partial charge on any atom is 0.351 e. The van der Waals surface area contributed by atoms with Gasteiger partial charge < -0.3 is 28.9 Å². The zero-order chi connectivity index (χ0) is 21.1. The molecule has 12 heteroatoms. The molecular formula is C15H21NO11. The number of methoxy groups -OCH3 is 1. The maximum absolute atomic E-state index is 12.0. The fourth-order valence-corrected chi connectivity index (χ4v) is 1.87. The molecule has 0 aromatic carbocycles. The van der Waals surface area contributed by atoms with Crippen LogP contribution in [0.3, 0.4) is 0 Å². The summed E-state index contributed by atoms with van der Waals surface area (Å²) in [5.74, 6) is -4.70. The molecule has 0 aliphatic heterocycles. The summed E-state index contributed by atoms with van der Waals surface area (Å²) < 4.78 is 23.9. The molecule has 0 aromatic rings. The Kier molecular flexibility index (Phi) is 10.1. The third-order valence-electron chi connectivity index (χ3n) is 2.80. The standard InChI is InChI=1S/C15H21NO11/c1-7(17)24-6-11(16-22)12(25-8(2)18)13(26-9(3)19)14(15(21)23-5)27-10(4)20/h12-14,22H,6H2,1-5H3/b16-11-/t12-,13+,14-/m1/s1. The summed E-state index contributed by atoms with van der Waals surface area (Å²) in [6, 6.07) is 0. The number of esters is 5. The largest absolute Gasteiger partial charge is 0.466 e. The van der Waals surface area contributed by atoms with Crippen molar-refractivity contribution in [2.24, 2.45) is 5.16 Å². The molecule has 0 unspecified atom stereocenters. The SMILES string of the molecule is COC(=O)[C@H](OC(C)=O)[C@@H](OC(C)=O)[C@H](OC(C)=O)/C(COC(C)=O)=N\O. The van der Waals surface area contributed by atoms with Crippen LogP contribution in [0.5, 0.6) is 0 Å². The minimum atomic E-state index is -1.87. The van der Waals surface area contributed by atoms with E-state index in [1.165, 1.54) is 0 Å². The molecule has 12 nitrogen and oxygen atoms in total. The Labute approximate surface area is 154 Å². The minimum Gasteiger partial charge on any atom is -0.466 e. The monoisotopic (exact) mass is 391 g/mol. The van der Waals surface area contributed by atoms with E-state index in [1.807, 2.05) is 0 Å². The van der Waals surface area contributed by atoms with Crippen molar-refractivity contribution in [3.05, 3.63) is 0 Å². The van der Waals surface area contributed by atoms with Gasteiger partial charge in [-0.25, -0.2) is 4.79 Å². The van der Waals surface area contributed by atoms with E-state index in [4.69, 9.17) is 14.2 Å². The Hall–Kier alpha value is -3.18. The molecule has 0 bridgehead atoms. The Bertz CT molecular complexity index is 613. The Morgan fingerprint density at radius 1 is 0.815 bits per heavy atom.